The van der Waals surface area contributed by atoms with Gasteiger partial charge in [0.2, 0.25) is 0 Å². The van der Waals surface area contributed by atoms with E-state index in [0.717, 1.165) is 6.54 Å². The summed E-state index contributed by atoms with van der Waals surface area (Å²) in [4.78, 5) is 6.16. The Kier molecular flexibility index (Phi) is 9.66. The van der Waals surface area contributed by atoms with Gasteiger partial charge in [0.25, 0.3) is 0 Å². The molecule has 0 aliphatic rings. The van der Waals surface area contributed by atoms with Gasteiger partial charge < -0.3 is 10.2 Å². The van der Waals surface area contributed by atoms with Gasteiger partial charge in [-0.25, -0.2) is 8.42 Å². The smallest absolute Gasteiger partial charge is 0.193 e. The minimum Gasteiger partial charge on any atom is -0.355 e. The van der Waals surface area contributed by atoms with Crippen LogP contribution < -0.4 is 5.32 Å². The summed E-state index contributed by atoms with van der Waals surface area (Å²) in [5.41, 5.74) is 2.42. The number of halogens is 1. The Morgan fingerprint density at radius 3 is 2.36 bits per heavy atom. The first-order chi connectivity index (χ1) is 9.88. The lowest BCUT2D eigenvalue weighted by Gasteiger charge is -2.22. The first-order valence-corrected chi connectivity index (χ1v) is 8.88. The number of guanidine groups is 1. The normalized spacial score (nSPS) is 11.7. The maximum absolute atomic E-state index is 11.5. The number of rotatable bonds is 6. The molecule has 5 nitrogen and oxygen atoms in total. The number of aryl methyl sites for hydroxylation is 1. The van der Waals surface area contributed by atoms with Crippen molar-refractivity contribution in [2.45, 2.75) is 20.4 Å². The molecule has 0 aromatic heterocycles. The van der Waals surface area contributed by atoms with Crippen LogP contribution in [0.25, 0.3) is 0 Å². The van der Waals surface area contributed by atoms with Crippen LogP contribution >= 0.6 is 24.0 Å². The Morgan fingerprint density at radius 2 is 1.86 bits per heavy atom. The van der Waals surface area contributed by atoms with Crippen molar-refractivity contribution in [3.63, 3.8) is 0 Å². The van der Waals surface area contributed by atoms with Gasteiger partial charge >= 0.3 is 0 Å². The lowest BCUT2D eigenvalue weighted by molar-refractivity contribution is 0.478. The third-order valence-electron chi connectivity index (χ3n) is 3.25. The van der Waals surface area contributed by atoms with Crippen molar-refractivity contribution in [1.82, 2.24) is 10.2 Å². The maximum Gasteiger partial charge on any atom is 0.193 e. The summed E-state index contributed by atoms with van der Waals surface area (Å²) in [6, 6.07) is 8.32. The van der Waals surface area contributed by atoms with Crippen molar-refractivity contribution in [2.24, 2.45) is 4.99 Å². The first-order valence-electron chi connectivity index (χ1n) is 7.05. The Morgan fingerprint density at radius 1 is 1.27 bits per heavy atom. The molecule has 0 fully saturated rings. The monoisotopic (exact) mass is 439 g/mol. The van der Waals surface area contributed by atoms with Crippen LogP contribution in [0.5, 0.6) is 0 Å². The van der Waals surface area contributed by atoms with E-state index in [9.17, 15) is 8.42 Å². The van der Waals surface area contributed by atoms with E-state index in [-0.39, 0.29) is 35.5 Å². The number of benzene rings is 1. The van der Waals surface area contributed by atoms with Gasteiger partial charge in [0.1, 0.15) is 0 Å². The van der Waals surface area contributed by atoms with Crippen molar-refractivity contribution in [3.05, 3.63) is 35.4 Å². The van der Waals surface area contributed by atoms with Crippen LogP contribution in [0.2, 0.25) is 0 Å². The molecule has 0 bridgehead atoms. The Balaban J connectivity index is 0.00000441. The van der Waals surface area contributed by atoms with Crippen LogP contribution in [0, 0.1) is 6.92 Å². The maximum atomic E-state index is 11.5. The second kappa shape index (κ2) is 10.0. The quantitative estimate of drug-likeness (QED) is 0.419. The predicted molar refractivity (Wildman–Crippen MR) is 104 cm³/mol. The molecule has 1 aromatic rings. The Labute approximate surface area is 151 Å². The van der Waals surface area contributed by atoms with Gasteiger partial charge in [-0.2, -0.15) is 0 Å². The molecule has 1 N–H and O–H groups in total. The number of sulfone groups is 1. The van der Waals surface area contributed by atoms with E-state index in [0.29, 0.717) is 12.5 Å². The zero-order chi connectivity index (χ0) is 15.9. The fourth-order valence-electron chi connectivity index (χ4n) is 1.89. The van der Waals surface area contributed by atoms with Gasteiger partial charge in [-0.15, -0.1) is 24.0 Å². The number of hydrogen-bond acceptors (Lipinski definition) is 3. The minimum atomic E-state index is -2.95. The molecule has 7 heteroatoms. The average molecular weight is 439 g/mol. The van der Waals surface area contributed by atoms with Crippen LogP contribution in [0.1, 0.15) is 18.1 Å². The van der Waals surface area contributed by atoms with Crippen LogP contribution in [0.3, 0.4) is 0 Å². The van der Waals surface area contributed by atoms with E-state index in [1.165, 1.54) is 11.1 Å². The van der Waals surface area contributed by atoms with Crippen molar-refractivity contribution in [2.75, 3.05) is 32.1 Å². The molecule has 0 aliphatic carbocycles. The number of aliphatic imine (C=N–C) groups is 1. The van der Waals surface area contributed by atoms with Crippen molar-refractivity contribution in [1.29, 1.82) is 0 Å². The van der Waals surface area contributed by atoms with Crippen LogP contribution in [0.15, 0.2) is 29.3 Å². The van der Waals surface area contributed by atoms with Crippen molar-refractivity contribution < 1.29 is 8.42 Å². The van der Waals surface area contributed by atoms with Crippen LogP contribution in [-0.4, -0.2) is 51.4 Å². The minimum absolute atomic E-state index is 0. The molecule has 1 aromatic carbocycles. The summed E-state index contributed by atoms with van der Waals surface area (Å²) in [7, 11) is 0.682. The predicted octanol–water partition coefficient (Wildman–Crippen LogP) is 2.05. The number of nitrogens with one attached hydrogen (secondary N) is 1. The molecular formula is C15H26IN3O2S. The van der Waals surface area contributed by atoms with Gasteiger partial charge in [0.05, 0.1) is 5.75 Å². The summed E-state index contributed by atoms with van der Waals surface area (Å²) >= 11 is 0. The Bertz CT molecular complexity index is 571. The molecule has 0 amide bonds. The standard InChI is InChI=1S/C15H25N3O2S.HI/c1-5-21(19,20)11-10-17-15(16-3)18(4)12-14-8-6-13(2)7-9-14;/h6-9H,5,10-12H2,1-4H3,(H,16,17);1H. The van der Waals surface area contributed by atoms with Gasteiger partial charge in [0, 0.05) is 32.9 Å². The van der Waals surface area contributed by atoms with Gasteiger partial charge in [-0.3, -0.25) is 4.99 Å². The molecule has 22 heavy (non-hydrogen) atoms. The highest BCUT2D eigenvalue weighted by Crippen LogP contribution is 2.05. The van der Waals surface area contributed by atoms with Crippen molar-refractivity contribution >= 4 is 39.8 Å². The summed E-state index contributed by atoms with van der Waals surface area (Å²) in [5.74, 6) is 0.995. The molecule has 0 unspecified atom stereocenters. The molecule has 0 heterocycles. The Hall–Kier alpha value is -0.830. The summed E-state index contributed by atoms with van der Waals surface area (Å²) < 4.78 is 22.9. The van der Waals surface area contributed by atoms with E-state index < -0.39 is 9.84 Å². The summed E-state index contributed by atoms with van der Waals surface area (Å²) in [5, 5.41) is 3.09. The largest absolute Gasteiger partial charge is 0.355 e. The molecule has 126 valence electrons. The number of hydrogen-bond donors (Lipinski definition) is 1. The summed E-state index contributed by atoms with van der Waals surface area (Å²) in [6.45, 7) is 4.82. The molecule has 0 saturated carbocycles. The van der Waals surface area contributed by atoms with E-state index in [1.807, 2.05) is 11.9 Å². The third kappa shape index (κ3) is 7.44. The fourth-order valence-corrected chi connectivity index (χ4v) is 2.59. The summed E-state index contributed by atoms with van der Waals surface area (Å²) in [6.07, 6.45) is 0. The molecule has 0 atom stereocenters. The molecular weight excluding hydrogens is 413 g/mol. The lowest BCUT2D eigenvalue weighted by Crippen LogP contribution is -2.40. The average Bonchev–Trinajstić information content (AvgIpc) is 2.46. The third-order valence-corrected chi connectivity index (χ3v) is 4.96. The molecule has 0 spiro atoms. The van der Waals surface area contributed by atoms with Crippen LogP contribution in [0.4, 0.5) is 0 Å². The first kappa shape index (κ1) is 21.2. The fraction of sp³-hybridized carbons (Fsp3) is 0.533. The van der Waals surface area contributed by atoms with Gasteiger partial charge in [-0.1, -0.05) is 36.8 Å². The zero-order valence-electron chi connectivity index (χ0n) is 13.7. The highest BCUT2D eigenvalue weighted by Gasteiger charge is 2.10. The van der Waals surface area contributed by atoms with Crippen LogP contribution in [-0.2, 0) is 16.4 Å². The number of nitrogens with zero attached hydrogens (tertiary/aromatic N) is 2. The van der Waals surface area contributed by atoms with Crippen molar-refractivity contribution in [3.8, 4) is 0 Å². The van der Waals surface area contributed by atoms with E-state index >= 15 is 0 Å². The van der Waals surface area contributed by atoms with E-state index in [2.05, 4.69) is 41.5 Å². The molecule has 0 aliphatic heterocycles. The van der Waals surface area contributed by atoms with Gasteiger partial charge in [0.15, 0.2) is 15.8 Å². The molecule has 0 saturated heterocycles. The molecule has 0 radical (unpaired) electrons. The lowest BCUT2D eigenvalue weighted by atomic mass is 10.1. The molecule has 1 rings (SSSR count). The highest BCUT2D eigenvalue weighted by atomic mass is 127. The second-order valence-corrected chi connectivity index (χ2v) is 7.52. The highest BCUT2D eigenvalue weighted by molar-refractivity contribution is 14.0. The van der Waals surface area contributed by atoms with Gasteiger partial charge in [-0.05, 0) is 12.5 Å². The SMILES string of the molecule is CCS(=O)(=O)CCNC(=NC)N(C)Cc1ccc(C)cc1.I. The zero-order valence-corrected chi connectivity index (χ0v) is 16.8. The van der Waals surface area contributed by atoms with E-state index in [4.69, 9.17) is 0 Å². The van der Waals surface area contributed by atoms with E-state index in [1.54, 1.807) is 14.0 Å². The second-order valence-electron chi connectivity index (χ2n) is 5.05. The topological polar surface area (TPSA) is 61.8 Å².